The Kier molecular flexibility index (Phi) is 5.84. The van der Waals surface area contributed by atoms with Gasteiger partial charge in [-0.15, -0.1) is 11.8 Å². The van der Waals surface area contributed by atoms with Gasteiger partial charge in [0.25, 0.3) is 0 Å². The predicted molar refractivity (Wildman–Crippen MR) is 89.6 cm³/mol. The van der Waals surface area contributed by atoms with Crippen molar-refractivity contribution in [3.8, 4) is 0 Å². The first-order valence-electron chi connectivity index (χ1n) is 6.94. The van der Waals surface area contributed by atoms with E-state index < -0.39 is 6.04 Å². The zero-order chi connectivity index (χ0) is 15.1. The molecule has 21 heavy (non-hydrogen) atoms. The lowest BCUT2D eigenvalue weighted by atomic mass is 10.1. The predicted octanol–water partition coefficient (Wildman–Crippen LogP) is 3.31. The van der Waals surface area contributed by atoms with Crippen LogP contribution in [-0.2, 0) is 11.2 Å². The molecule has 0 radical (unpaired) electrons. The van der Waals surface area contributed by atoms with E-state index in [-0.39, 0.29) is 5.91 Å². The van der Waals surface area contributed by atoms with E-state index in [1.807, 2.05) is 60.9 Å². The van der Waals surface area contributed by atoms with Crippen LogP contribution in [0.1, 0.15) is 12.0 Å². The van der Waals surface area contributed by atoms with E-state index in [9.17, 15) is 4.79 Å². The van der Waals surface area contributed by atoms with Crippen molar-refractivity contribution < 1.29 is 4.79 Å². The van der Waals surface area contributed by atoms with Crippen LogP contribution in [0.2, 0.25) is 0 Å². The Bertz CT molecular complexity index is 586. The Morgan fingerprint density at radius 3 is 2.52 bits per heavy atom. The van der Waals surface area contributed by atoms with Crippen molar-refractivity contribution in [1.29, 1.82) is 0 Å². The van der Waals surface area contributed by atoms with Gasteiger partial charge in [-0.25, -0.2) is 0 Å². The number of anilines is 1. The molecule has 2 aromatic carbocycles. The maximum Gasteiger partial charge on any atom is 0.241 e. The van der Waals surface area contributed by atoms with Crippen LogP contribution in [0.5, 0.6) is 0 Å². The summed E-state index contributed by atoms with van der Waals surface area (Å²) in [6.45, 7) is 0. The summed E-state index contributed by atoms with van der Waals surface area (Å²) in [4.78, 5) is 13.2. The highest BCUT2D eigenvalue weighted by atomic mass is 32.2. The third-order valence-electron chi connectivity index (χ3n) is 3.29. The Hall–Kier alpha value is -1.78. The Morgan fingerprint density at radius 1 is 1.14 bits per heavy atom. The number of rotatable bonds is 6. The van der Waals surface area contributed by atoms with Crippen LogP contribution in [0.15, 0.2) is 59.5 Å². The molecule has 2 rings (SSSR count). The van der Waals surface area contributed by atoms with Crippen molar-refractivity contribution in [2.24, 2.45) is 5.73 Å². The molecule has 0 fully saturated rings. The van der Waals surface area contributed by atoms with Crippen LogP contribution in [0.3, 0.4) is 0 Å². The summed E-state index contributed by atoms with van der Waals surface area (Å²) < 4.78 is 0. The third-order valence-corrected chi connectivity index (χ3v) is 4.08. The summed E-state index contributed by atoms with van der Waals surface area (Å²) in [7, 11) is 0. The third kappa shape index (κ3) is 4.62. The Labute approximate surface area is 129 Å². The molecular formula is C17H20N2OS. The Morgan fingerprint density at radius 2 is 1.81 bits per heavy atom. The highest BCUT2D eigenvalue weighted by molar-refractivity contribution is 7.98. The van der Waals surface area contributed by atoms with Crippen molar-refractivity contribution in [3.63, 3.8) is 0 Å². The number of amides is 1. The molecule has 1 atom stereocenters. The zero-order valence-corrected chi connectivity index (χ0v) is 12.9. The first-order valence-corrected chi connectivity index (χ1v) is 8.16. The summed E-state index contributed by atoms with van der Waals surface area (Å²) in [5.74, 6) is -0.132. The van der Waals surface area contributed by atoms with Crippen LogP contribution in [0.4, 0.5) is 5.69 Å². The van der Waals surface area contributed by atoms with Gasteiger partial charge in [0, 0.05) is 4.90 Å². The van der Waals surface area contributed by atoms with Gasteiger partial charge in [0.2, 0.25) is 5.91 Å². The lowest BCUT2D eigenvalue weighted by Gasteiger charge is -2.14. The van der Waals surface area contributed by atoms with Crippen molar-refractivity contribution in [3.05, 3.63) is 60.2 Å². The van der Waals surface area contributed by atoms with Crippen LogP contribution in [-0.4, -0.2) is 18.2 Å². The highest BCUT2D eigenvalue weighted by Gasteiger charge is 2.14. The molecule has 4 heteroatoms. The number of thioether (sulfide) groups is 1. The van der Waals surface area contributed by atoms with Crippen molar-refractivity contribution >= 4 is 23.4 Å². The average molecular weight is 300 g/mol. The van der Waals surface area contributed by atoms with Crippen LogP contribution in [0.25, 0.3) is 0 Å². The number of benzene rings is 2. The van der Waals surface area contributed by atoms with E-state index >= 15 is 0 Å². The van der Waals surface area contributed by atoms with Gasteiger partial charge < -0.3 is 11.1 Å². The molecule has 0 saturated carbocycles. The summed E-state index contributed by atoms with van der Waals surface area (Å²) in [5, 5.41) is 2.91. The molecule has 110 valence electrons. The summed E-state index contributed by atoms with van der Waals surface area (Å²) in [5.41, 5.74) is 8.01. The van der Waals surface area contributed by atoms with Gasteiger partial charge in [-0.05, 0) is 36.8 Å². The van der Waals surface area contributed by atoms with Gasteiger partial charge in [-0.1, -0.05) is 42.5 Å². The normalized spacial score (nSPS) is 11.9. The summed E-state index contributed by atoms with van der Waals surface area (Å²) >= 11 is 1.60. The molecule has 0 aromatic heterocycles. The number of carbonyl (C=O) groups excluding carboxylic acids is 1. The first kappa shape index (κ1) is 15.6. The van der Waals surface area contributed by atoms with Gasteiger partial charge in [0.15, 0.2) is 0 Å². The Balaban J connectivity index is 1.90. The number of aryl methyl sites for hydroxylation is 1. The van der Waals surface area contributed by atoms with Crippen LogP contribution >= 0.6 is 11.8 Å². The van der Waals surface area contributed by atoms with Crippen molar-refractivity contribution in [1.82, 2.24) is 0 Å². The number of hydrogen-bond donors (Lipinski definition) is 2. The smallest absolute Gasteiger partial charge is 0.241 e. The second-order valence-electron chi connectivity index (χ2n) is 4.82. The molecule has 0 unspecified atom stereocenters. The van der Waals surface area contributed by atoms with Gasteiger partial charge in [-0.3, -0.25) is 4.79 Å². The topological polar surface area (TPSA) is 55.1 Å². The number of nitrogens with one attached hydrogen (secondary N) is 1. The molecule has 3 N–H and O–H groups in total. The molecule has 0 aliphatic heterocycles. The minimum Gasteiger partial charge on any atom is -0.324 e. The van der Waals surface area contributed by atoms with E-state index in [1.165, 1.54) is 5.56 Å². The minimum atomic E-state index is -0.500. The summed E-state index contributed by atoms with van der Waals surface area (Å²) in [6, 6.07) is 17.3. The lowest BCUT2D eigenvalue weighted by Crippen LogP contribution is -2.36. The van der Waals surface area contributed by atoms with Crippen LogP contribution in [0, 0.1) is 0 Å². The average Bonchev–Trinajstić information content (AvgIpc) is 2.54. The molecule has 0 aliphatic rings. The molecule has 1 amide bonds. The quantitative estimate of drug-likeness (QED) is 0.805. The largest absolute Gasteiger partial charge is 0.324 e. The van der Waals surface area contributed by atoms with Gasteiger partial charge >= 0.3 is 0 Å². The fourth-order valence-electron chi connectivity index (χ4n) is 2.07. The molecule has 0 aliphatic carbocycles. The van der Waals surface area contributed by atoms with E-state index in [2.05, 4.69) is 5.32 Å². The number of hydrogen-bond acceptors (Lipinski definition) is 3. The SMILES string of the molecule is CSc1ccccc1NC(=O)[C@@H](N)CCc1ccccc1. The van der Waals surface area contributed by atoms with E-state index in [4.69, 9.17) is 5.73 Å². The van der Waals surface area contributed by atoms with E-state index in [0.29, 0.717) is 6.42 Å². The van der Waals surface area contributed by atoms with Crippen molar-refractivity contribution in [2.45, 2.75) is 23.8 Å². The molecular weight excluding hydrogens is 280 g/mol. The van der Waals surface area contributed by atoms with Gasteiger partial charge in [0.05, 0.1) is 11.7 Å². The maximum absolute atomic E-state index is 12.2. The molecule has 0 bridgehead atoms. The fraction of sp³-hybridized carbons (Fsp3) is 0.235. The summed E-state index contributed by atoms with van der Waals surface area (Å²) in [6.07, 6.45) is 3.43. The number of para-hydroxylation sites is 1. The monoisotopic (exact) mass is 300 g/mol. The second-order valence-corrected chi connectivity index (χ2v) is 5.67. The standard InChI is InChI=1S/C17H20N2OS/c1-21-16-10-6-5-9-15(16)19-17(20)14(18)12-11-13-7-3-2-4-8-13/h2-10,14H,11-12,18H2,1H3,(H,19,20)/t14-/m0/s1. The van der Waals surface area contributed by atoms with Gasteiger partial charge in [-0.2, -0.15) is 0 Å². The van der Waals surface area contributed by atoms with Crippen LogP contribution < -0.4 is 11.1 Å². The number of nitrogens with two attached hydrogens (primary N) is 1. The zero-order valence-electron chi connectivity index (χ0n) is 12.1. The molecule has 0 saturated heterocycles. The van der Waals surface area contributed by atoms with E-state index in [1.54, 1.807) is 11.8 Å². The fourth-order valence-corrected chi connectivity index (χ4v) is 2.62. The molecule has 3 nitrogen and oxygen atoms in total. The van der Waals surface area contributed by atoms with Gasteiger partial charge in [0.1, 0.15) is 0 Å². The first-order chi connectivity index (χ1) is 10.2. The van der Waals surface area contributed by atoms with E-state index in [0.717, 1.165) is 17.0 Å². The maximum atomic E-state index is 12.2. The van der Waals surface area contributed by atoms with Crippen molar-refractivity contribution in [2.75, 3.05) is 11.6 Å². The molecule has 0 spiro atoms. The highest BCUT2D eigenvalue weighted by Crippen LogP contribution is 2.24. The second kappa shape index (κ2) is 7.86. The minimum absolute atomic E-state index is 0.132. The number of carbonyl (C=O) groups is 1. The molecule has 2 aromatic rings. The lowest BCUT2D eigenvalue weighted by molar-refractivity contribution is -0.117. The molecule has 0 heterocycles.